The van der Waals surface area contributed by atoms with Crippen molar-refractivity contribution in [2.24, 2.45) is 11.7 Å². The Morgan fingerprint density at radius 1 is 1.22 bits per heavy atom. The quantitative estimate of drug-likeness (QED) is 0.357. The molecule has 0 saturated heterocycles. The Kier molecular flexibility index (Phi) is 5.56. The number of hydrogen-bond donors (Lipinski definition) is 2. The van der Waals surface area contributed by atoms with Gasteiger partial charge in [0, 0.05) is 6.42 Å². The van der Waals surface area contributed by atoms with E-state index in [9.17, 15) is 43.1 Å². The number of amides is 2. The van der Waals surface area contributed by atoms with Gasteiger partial charge in [-0.25, -0.2) is 18.3 Å². The fourth-order valence-corrected chi connectivity index (χ4v) is 5.16. The zero-order valence-corrected chi connectivity index (χ0v) is 20.3. The van der Waals surface area contributed by atoms with Crippen molar-refractivity contribution in [3.05, 3.63) is 33.4 Å². The Balaban J connectivity index is 1.94. The SMILES string of the molecule is N#Cc1nn(-c2c(Cl)cc(S(F)(F)(F)(F)F)cc2Cl)c(NC(=O)OCC2CC2)c1C1(C(N)=O)CC1(F)F. The Bertz CT molecular complexity index is 1380. The van der Waals surface area contributed by atoms with Crippen molar-refractivity contribution < 1.29 is 42.5 Å². The monoisotopic (exact) mass is 595 g/mol. The van der Waals surface area contributed by atoms with Crippen molar-refractivity contribution >= 4 is 51.2 Å². The molecule has 2 aromatic rings. The number of primary amides is 1. The molecule has 2 fully saturated rings. The van der Waals surface area contributed by atoms with Crippen LogP contribution in [0, 0.1) is 17.2 Å². The molecule has 3 N–H and O–H groups in total. The van der Waals surface area contributed by atoms with Crippen LogP contribution in [0.5, 0.6) is 0 Å². The molecule has 2 aliphatic carbocycles. The average Bonchev–Trinajstić information content (AvgIpc) is 3.62. The van der Waals surface area contributed by atoms with Crippen LogP contribution in [0.15, 0.2) is 17.0 Å². The van der Waals surface area contributed by atoms with Gasteiger partial charge in [0.2, 0.25) is 5.91 Å². The second-order valence-electron chi connectivity index (χ2n) is 8.62. The highest BCUT2D eigenvalue weighted by Crippen LogP contribution is 3.02. The summed E-state index contributed by atoms with van der Waals surface area (Å²) in [6, 6.07) is 1.08. The zero-order chi connectivity index (χ0) is 27.8. The summed E-state index contributed by atoms with van der Waals surface area (Å²) in [6.07, 6.45) is -0.934. The molecule has 202 valence electrons. The Morgan fingerprint density at radius 3 is 2.16 bits per heavy atom. The number of carbonyl (C=O) groups excluding carboxylic acids is 2. The Labute approximate surface area is 213 Å². The first-order chi connectivity index (χ1) is 16.7. The number of nitrogens with two attached hydrogens (primary N) is 1. The first kappa shape index (κ1) is 27.1. The number of nitrogens with zero attached hydrogens (tertiary/aromatic N) is 3. The minimum absolute atomic E-state index is 0.0536. The van der Waals surface area contributed by atoms with Crippen molar-refractivity contribution in [1.82, 2.24) is 9.78 Å². The van der Waals surface area contributed by atoms with Crippen molar-refractivity contribution in [3.63, 3.8) is 0 Å². The summed E-state index contributed by atoms with van der Waals surface area (Å²) in [5.41, 5.74) is -0.186. The molecule has 0 radical (unpaired) electrons. The molecule has 1 heterocycles. The molecule has 2 saturated carbocycles. The second-order valence-corrected chi connectivity index (χ2v) is 11.8. The largest absolute Gasteiger partial charge is 0.449 e. The molecule has 2 aliphatic rings. The van der Waals surface area contributed by atoms with Gasteiger partial charge in [0.05, 0.1) is 22.2 Å². The number of aromatic nitrogens is 2. The normalized spacial score (nSPS) is 22.4. The average molecular weight is 596 g/mol. The van der Waals surface area contributed by atoms with E-state index in [2.05, 4.69) is 5.10 Å². The third kappa shape index (κ3) is 4.75. The molecule has 1 atom stereocenters. The molecule has 0 aliphatic heterocycles. The lowest BCUT2D eigenvalue weighted by molar-refractivity contribution is -0.123. The third-order valence-corrected chi connectivity index (χ3v) is 7.54. The number of halogens is 9. The highest BCUT2D eigenvalue weighted by atomic mass is 35.5. The third-order valence-electron chi connectivity index (χ3n) is 5.84. The van der Waals surface area contributed by atoms with Crippen LogP contribution in [0.4, 0.5) is 38.8 Å². The second kappa shape index (κ2) is 7.58. The molecule has 1 unspecified atom stereocenters. The summed E-state index contributed by atoms with van der Waals surface area (Å²) < 4.78 is 101. The van der Waals surface area contributed by atoms with Crippen LogP contribution in [0.2, 0.25) is 10.0 Å². The number of nitrogens with one attached hydrogen (secondary N) is 1. The molecular weight excluding hydrogens is 582 g/mol. The molecule has 0 spiro atoms. The van der Waals surface area contributed by atoms with Gasteiger partial charge in [-0.3, -0.25) is 10.1 Å². The number of rotatable bonds is 7. The zero-order valence-electron chi connectivity index (χ0n) is 18.0. The van der Waals surface area contributed by atoms with Crippen LogP contribution < -0.4 is 11.1 Å². The van der Waals surface area contributed by atoms with Crippen molar-refractivity contribution in [3.8, 4) is 11.8 Å². The predicted octanol–water partition coefficient (Wildman–Crippen LogP) is 6.43. The fraction of sp³-hybridized carbons (Fsp3) is 0.368. The minimum atomic E-state index is -10.3. The number of alkyl halides is 2. The molecule has 37 heavy (non-hydrogen) atoms. The minimum Gasteiger partial charge on any atom is -0.449 e. The van der Waals surface area contributed by atoms with E-state index in [1.807, 2.05) is 5.32 Å². The van der Waals surface area contributed by atoms with Gasteiger partial charge in [-0.1, -0.05) is 42.6 Å². The summed E-state index contributed by atoms with van der Waals surface area (Å²) in [7, 11) is -10.3. The molecule has 4 rings (SSSR count). The number of carbonyl (C=O) groups is 2. The lowest BCUT2D eigenvalue weighted by Gasteiger charge is -2.40. The van der Waals surface area contributed by atoms with Crippen LogP contribution in [0.1, 0.15) is 30.5 Å². The summed E-state index contributed by atoms with van der Waals surface area (Å²) >= 11 is 11.7. The van der Waals surface area contributed by atoms with Gasteiger partial charge in [0.15, 0.2) is 5.69 Å². The van der Waals surface area contributed by atoms with Crippen LogP contribution in [-0.4, -0.2) is 34.3 Å². The van der Waals surface area contributed by atoms with Gasteiger partial charge >= 0.3 is 16.3 Å². The van der Waals surface area contributed by atoms with Crippen LogP contribution >= 0.6 is 33.4 Å². The first-order valence-electron chi connectivity index (χ1n) is 10.1. The van der Waals surface area contributed by atoms with Crippen molar-refractivity contribution in [2.75, 3.05) is 11.9 Å². The van der Waals surface area contributed by atoms with E-state index < -0.39 is 77.7 Å². The lowest BCUT2D eigenvalue weighted by atomic mass is 9.93. The van der Waals surface area contributed by atoms with Gasteiger partial charge in [-0.15, -0.1) is 0 Å². The maximum atomic E-state index is 14.5. The highest BCUT2D eigenvalue weighted by molar-refractivity contribution is 8.45. The van der Waals surface area contributed by atoms with Crippen LogP contribution in [0.25, 0.3) is 5.69 Å². The van der Waals surface area contributed by atoms with E-state index in [0.29, 0.717) is 4.68 Å². The van der Waals surface area contributed by atoms with E-state index >= 15 is 0 Å². The summed E-state index contributed by atoms with van der Waals surface area (Å²) in [6.45, 7) is -0.0718. The molecule has 1 aromatic heterocycles. The number of hydrogen-bond acceptors (Lipinski definition) is 5. The van der Waals surface area contributed by atoms with E-state index in [-0.39, 0.29) is 24.7 Å². The van der Waals surface area contributed by atoms with E-state index in [1.165, 1.54) is 6.07 Å². The highest BCUT2D eigenvalue weighted by Gasteiger charge is 2.78. The van der Waals surface area contributed by atoms with Gasteiger partial charge in [0.25, 0.3) is 5.92 Å². The van der Waals surface area contributed by atoms with Crippen molar-refractivity contribution in [1.29, 1.82) is 5.26 Å². The number of nitriles is 1. The standard InChI is InChI=1S/C19H14Cl2F7N5O3S/c20-10-3-9(37(24,25,26,27)28)4-11(21)14(10)33-15(31-17(35)36-6-8-1-2-8)13(12(5-29)32-33)18(16(30)34)7-19(18,22)23/h3-4,8H,1-2,6-7H2,(H2,30,34)(H,31,35). The van der Waals surface area contributed by atoms with Crippen LogP contribution in [-0.2, 0) is 14.9 Å². The smallest absolute Gasteiger partial charge is 0.412 e. The van der Waals surface area contributed by atoms with Gasteiger partial charge < -0.3 is 10.5 Å². The molecule has 2 amide bonds. The lowest BCUT2D eigenvalue weighted by Crippen LogP contribution is -2.35. The number of ether oxygens (including phenoxy) is 1. The molecule has 18 heteroatoms. The van der Waals surface area contributed by atoms with E-state index in [1.54, 1.807) is 0 Å². The predicted molar refractivity (Wildman–Crippen MR) is 118 cm³/mol. The first-order valence-corrected chi connectivity index (χ1v) is 12.8. The Hall–Kier alpha value is -2.90. The van der Waals surface area contributed by atoms with Gasteiger partial charge in [0.1, 0.15) is 27.9 Å². The summed E-state index contributed by atoms with van der Waals surface area (Å²) in [5.74, 6) is -6.20. The van der Waals surface area contributed by atoms with Crippen molar-refractivity contribution in [2.45, 2.75) is 35.5 Å². The maximum Gasteiger partial charge on any atom is 0.412 e. The topological polar surface area (TPSA) is 123 Å². The molecule has 0 bridgehead atoms. The van der Waals surface area contributed by atoms with Gasteiger partial charge in [-0.2, -0.15) is 10.4 Å². The van der Waals surface area contributed by atoms with E-state index in [0.717, 1.165) is 12.8 Å². The maximum absolute atomic E-state index is 14.5. The number of anilines is 1. The molecular formula is C19H14Cl2F7N5O3S. The van der Waals surface area contributed by atoms with Crippen LogP contribution in [0.3, 0.4) is 0 Å². The fourth-order valence-electron chi connectivity index (χ4n) is 3.71. The summed E-state index contributed by atoms with van der Waals surface area (Å²) in [5, 5.41) is 13.1. The van der Waals surface area contributed by atoms with Gasteiger partial charge in [-0.05, 0) is 30.9 Å². The summed E-state index contributed by atoms with van der Waals surface area (Å²) in [4.78, 5) is 22.1. The Morgan fingerprint density at radius 2 is 1.76 bits per heavy atom. The number of benzene rings is 1. The molecule has 1 aromatic carbocycles. The molecule has 8 nitrogen and oxygen atoms in total. The van der Waals surface area contributed by atoms with E-state index in [4.69, 9.17) is 33.7 Å².